The molecule has 1 heteroatoms. The third kappa shape index (κ3) is 1.84. The molecule has 2 atom stereocenters. The van der Waals surface area contributed by atoms with Crippen molar-refractivity contribution < 1.29 is 5.11 Å². The van der Waals surface area contributed by atoms with E-state index in [-0.39, 0.29) is 0 Å². The van der Waals surface area contributed by atoms with E-state index in [2.05, 4.69) is 13.5 Å². The highest BCUT2D eigenvalue weighted by Gasteiger charge is 2.32. The fourth-order valence-corrected chi connectivity index (χ4v) is 1.91. The molecule has 1 aliphatic rings. The van der Waals surface area contributed by atoms with Gasteiger partial charge in [0.25, 0.3) is 0 Å². The van der Waals surface area contributed by atoms with Crippen LogP contribution in [0.15, 0.2) is 12.2 Å². The zero-order valence-electron chi connectivity index (χ0n) is 7.56. The largest absolute Gasteiger partial charge is 0.386 e. The van der Waals surface area contributed by atoms with Crippen LogP contribution in [-0.4, -0.2) is 10.7 Å². The lowest BCUT2D eigenvalue weighted by molar-refractivity contribution is 0.0214. The Balaban J connectivity index is 2.63. The molecular formula is C10H18O. The molecule has 1 aliphatic carbocycles. The maximum atomic E-state index is 10.0. The first-order chi connectivity index (χ1) is 5.04. The van der Waals surface area contributed by atoms with E-state index in [0.29, 0.717) is 5.92 Å². The zero-order chi connectivity index (χ0) is 8.48. The van der Waals surface area contributed by atoms with Gasteiger partial charge in [0.2, 0.25) is 0 Å². The number of hydrogen-bond acceptors (Lipinski definition) is 1. The van der Waals surface area contributed by atoms with Gasteiger partial charge in [-0.2, -0.15) is 0 Å². The molecule has 0 bridgehead atoms. The van der Waals surface area contributed by atoms with Crippen molar-refractivity contribution >= 4 is 0 Å². The van der Waals surface area contributed by atoms with E-state index < -0.39 is 5.60 Å². The van der Waals surface area contributed by atoms with Crippen LogP contribution in [0, 0.1) is 5.92 Å². The van der Waals surface area contributed by atoms with Crippen LogP contribution in [-0.2, 0) is 0 Å². The molecule has 1 nitrogen and oxygen atoms in total. The second-order valence-electron chi connectivity index (χ2n) is 4.01. The second kappa shape index (κ2) is 2.98. The first-order valence-electron chi connectivity index (χ1n) is 4.43. The number of aliphatic hydroxyl groups is 1. The van der Waals surface area contributed by atoms with Gasteiger partial charge in [0.05, 0.1) is 5.60 Å². The fraction of sp³-hybridized carbons (Fsp3) is 0.800. The van der Waals surface area contributed by atoms with Gasteiger partial charge >= 0.3 is 0 Å². The van der Waals surface area contributed by atoms with Gasteiger partial charge in [-0.3, -0.25) is 0 Å². The Bertz CT molecular complexity index is 162. The summed E-state index contributed by atoms with van der Waals surface area (Å²) in [7, 11) is 0. The minimum Gasteiger partial charge on any atom is -0.386 e. The van der Waals surface area contributed by atoms with Gasteiger partial charge in [0, 0.05) is 0 Å². The smallest absolute Gasteiger partial charge is 0.0854 e. The molecule has 0 aromatic carbocycles. The van der Waals surface area contributed by atoms with Gasteiger partial charge in [-0.25, -0.2) is 0 Å². The molecule has 0 saturated heterocycles. The van der Waals surface area contributed by atoms with Crippen molar-refractivity contribution in [3.05, 3.63) is 12.2 Å². The van der Waals surface area contributed by atoms with Crippen LogP contribution in [0.4, 0.5) is 0 Å². The molecule has 1 rings (SSSR count). The number of rotatable bonds is 1. The molecule has 64 valence electrons. The first kappa shape index (κ1) is 8.79. The van der Waals surface area contributed by atoms with Crippen molar-refractivity contribution in [2.45, 2.75) is 45.1 Å². The zero-order valence-corrected chi connectivity index (χ0v) is 7.56. The highest BCUT2D eigenvalue weighted by molar-refractivity contribution is 5.10. The summed E-state index contributed by atoms with van der Waals surface area (Å²) in [6, 6.07) is 0. The Morgan fingerprint density at radius 2 is 2.27 bits per heavy atom. The van der Waals surface area contributed by atoms with Crippen molar-refractivity contribution in [2.24, 2.45) is 5.92 Å². The molecule has 2 unspecified atom stereocenters. The molecule has 0 amide bonds. The third-order valence-corrected chi connectivity index (χ3v) is 2.77. The van der Waals surface area contributed by atoms with E-state index in [9.17, 15) is 5.11 Å². The van der Waals surface area contributed by atoms with Crippen LogP contribution in [0.2, 0.25) is 0 Å². The summed E-state index contributed by atoms with van der Waals surface area (Å²) in [6.45, 7) is 7.97. The van der Waals surface area contributed by atoms with E-state index in [1.165, 1.54) is 6.42 Å². The van der Waals surface area contributed by atoms with E-state index in [4.69, 9.17) is 0 Å². The van der Waals surface area contributed by atoms with Crippen LogP contribution in [0.1, 0.15) is 39.5 Å². The lowest BCUT2D eigenvalue weighted by Crippen LogP contribution is -2.35. The summed E-state index contributed by atoms with van der Waals surface area (Å²) in [5, 5.41) is 10.0. The molecule has 1 N–H and O–H groups in total. The molecule has 0 aromatic heterocycles. The molecule has 0 aromatic rings. The Kier molecular flexibility index (Phi) is 2.38. The van der Waals surface area contributed by atoms with E-state index in [1.807, 2.05) is 6.92 Å². The Hall–Kier alpha value is -0.300. The lowest BCUT2D eigenvalue weighted by Gasteiger charge is -2.36. The maximum Gasteiger partial charge on any atom is 0.0854 e. The number of hydrogen-bond donors (Lipinski definition) is 1. The molecule has 11 heavy (non-hydrogen) atoms. The summed E-state index contributed by atoms with van der Waals surface area (Å²) < 4.78 is 0. The summed E-state index contributed by atoms with van der Waals surface area (Å²) in [6.07, 6.45) is 4.22. The molecular weight excluding hydrogens is 136 g/mol. The maximum absolute atomic E-state index is 10.0. The van der Waals surface area contributed by atoms with Crippen molar-refractivity contribution in [2.75, 3.05) is 0 Å². The predicted octanol–water partition coefficient (Wildman–Crippen LogP) is 2.50. The summed E-state index contributed by atoms with van der Waals surface area (Å²) in [5.74, 6) is 0.658. The van der Waals surface area contributed by atoms with Crippen molar-refractivity contribution in [3.8, 4) is 0 Å². The molecule has 0 heterocycles. The minimum atomic E-state index is -0.544. The van der Waals surface area contributed by atoms with Gasteiger partial charge in [-0.15, -0.1) is 0 Å². The van der Waals surface area contributed by atoms with Crippen molar-refractivity contribution in [1.29, 1.82) is 0 Å². The van der Waals surface area contributed by atoms with Crippen molar-refractivity contribution in [3.63, 3.8) is 0 Å². The fourth-order valence-electron chi connectivity index (χ4n) is 1.91. The lowest BCUT2D eigenvalue weighted by atomic mass is 9.76. The van der Waals surface area contributed by atoms with Gasteiger partial charge < -0.3 is 5.11 Å². The standard InChI is InChI=1S/C10H18O/c1-8(2)10(11)6-4-5-9(3)7-10/h9,11H,1,4-7H2,2-3H3. The van der Waals surface area contributed by atoms with E-state index >= 15 is 0 Å². The summed E-state index contributed by atoms with van der Waals surface area (Å²) in [4.78, 5) is 0. The third-order valence-electron chi connectivity index (χ3n) is 2.77. The molecule has 1 saturated carbocycles. The SMILES string of the molecule is C=C(C)C1(O)CCCC(C)C1. The quantitative estimate of drug-likeness (QED) is 0.575. The predicted molar refractivity (Wildman–Crippen MR) is 47.4 cm³/mol. The van der Waals surface area contributed by atoms with Crippen LogP contribution < -0.4 is 0 Å². The van der Waals surface area contributed by atoms with Crippen LogP contribution in [0.5, 0.6) is 0 Å². The molecule has 0 radical (unpaired) electrons. The summed E-state index contributed by atoms with van der Waals surface area (Å²) in [5.41, 5.74) is 0.390. The topological polar surface area (TPSA) is 20.2 Å². The van der Waals surface area contributed by atoms with Crippen LogP contribution in [0.3, 0.4) is 0 Å². The Morgan fingerprint density at radius 1 is 1.64 bits per heavy atom. The van der Waals surface area contributed by atoms with Crippen molar-refractivity contribution in [1.82, 2.24) is 0 Å². The molecule has 0 spiro atoms. The molecule has 1 fully saturated rings. The first-order valence-corrected chi connectivity index (χ1v) is 4.43. The van der Waals surface area contributed by atoms with Crippen LogP contribution in [0.25, 0.3) is 0 Å². The van der Waals surface area contributed by atoms with Crippen LogP contribution >= 0.6 is 0 Å². The van der Waals surface area contributed by atoms with E-state index in [1.54, 1.807) is 0 Å². The highest BCUT2D eigenvalue weighted by Crippen LogP contribution is 2.36. The van der Waals surface area contributed by atoms with Gasteiger partial charge in [-0.1, -0.05) is 19.9 Å². The van der Waals surface area contributed by atoms with Gasteiger partial charge in [0.15, 0.2) is 0 Å². The Morgan fingerprint density at radius 3 is 2.64 bits per heavy atom. The average Bonchev–Trinajstić information content (AvgIpc) is 1.86. The van der Waals surface area contributed by atoms with E-state index in [0.717, 1.165) is 24.8 Å². The second-order valence-corrected chi connectivity index (χ2v) is 4.01. The normalized spacial score (nSPS) is 38.6. The Labute approximate surface area is 69.1 Å². The average molecular weight is 154 g/mol. The highest BCUT2D eigenvalue weighted by atomic mass is 16.3. The van der Waals surface area contributed by atoms with Gasteiger partial charge in [-0.05, 0) is 37.7 Å². The molecule has 0 aliphatic heterocycles. The van der Waals surface area contributed by atoms with Gasteiger partial charge in [0.1, 0.15) is 0 Å². The minimum absolute atomic E-state index is 0.544. The monoisotopic (exact) mass is 154 g/mol. The summed E-state index contributed by atoms with van der Waals surface area (Å²) >= 11 is 0.